The molecule has 0 aliphatic rings. The number of hydroxylamine groups is 1. The number of carbonyl (C=O) groups is 1. The Labute approximate surface area is 96.3 Å². The number of amides is 1. The average molecular weight is 244 g/mol. The summed E-state index contributed by atoms with van der Waals surface area (Å²) in [6, 6.07) is 2.69. The van der Waals surface area contributed by atoms with Crippen LogP contribution in [0.15, 0.2) is 12.1 Å². The lowest BCUT2D eigenvalue weighted by atomic mass is 10.2. The van der Waals surface area contributed by atoms with Crippen molar-refractivity contribution in [1.29, 1.82) is 0 Å². The van der Waals surface area contributed by atoms with Gasteiger partial charge >= 0.3 is 5.00 Å². The number of nitrogens with one attached hydrogen (secondary N) is 1. The second kappa shape index (κ2) is 5.57. The van der Waals surface area contributed by atoms with Crippen LogP contribution >= 0.6 is 11.3 Å². The summed E-state index contributed by atoms with van der Waals surface area (Å²) in [6.07, 6.45) is 0. The van der Waals surface area contributed by atoms with E-state index in [2.05, 4.69) is 5.48 Å². The second-order valence-corrected chi connectivity index (χ2v) is 4.59. The van der Waals surface area contributed by atoms with Gasteiger partial charge in [-0.15, -0.1) is 0 Å². The van der Waals surface area contributed by atoms with Gasteiger partial charge in [-0.25, -0.2) is 5.48 Å². The molecule has 1 aromatic heterocycles. The van der Waals surface area contributed by atoms with Crippen LogP contribution < -0.4 is 5.48 Å². The van der Waals surface area contributed by atoms with E-state index in [0.29, 0.717) is 12.5 Å². The van der Waals surface area contributed by atoms with Crippen LogP contribution in [0.25, 0.3) is 0 Å². The van der Waals surface area contributed by atoms with Crippen LogP contribution in [0.1, 0.15) is 23.5 Å². The van der Waals surface area contributed by atoms with Crippen LogP contribution in [-0.2, 0) is 4.84 Å². The smallest absolute Gasteiger partial charge is 0.273 e. The van der Waals surface area contributed by atoms with Gasteiger partial charge in [0.25, 0.3) is 5.91 Å². The molecule has 1 amide bonds. The van der Waals surface area contributed by atoms with Gasteiger partial charge in [0.05, 0.1) is 11.5 Å². The third-order valence-corrected chi connectivity index (χ3v) is 2.61. The Morgan fingerprint density at radius 3 is 2.81 bits per heavy atom. The van der Waals surface area contributed by atoms with E-state index in [0.717, 1.165) is 11.3 Å². The number of nitrogens with zero attached hydrogens (tertiary/aromatic N) is 1. The quantitative estimate of drug-likeness (QED) is 0.634. The van der Waals surface area contributed by atoms with E-state index in [1.807, 2.05) is 13.8 Å². The Bertz CT molecular complexity index is 389. The highest BCUT2D eigenvalue weighted by Gasteiger charge is 2.15. The topological polar surface area (TPSA) is 81.5 Å². The molecule has 0 aliphatic heterocycles. The molecule has 0 unspecified atom stereocenters. The zero-order chi connectivity index (χ0) is 12.1. The summed E-state index contributed by atoms with van der Waals surface area (Å²) in [6.45, 7) is 4.30. The Morgan fingerprint density at radius 2 is 2.31 bits per heavy atom. The number of thiophene rings is 1. The Morgan fingerprint density at radius 1 is 1.62 bits per heavy atom. The maximum absolute atomic E-state index is 11.4. The zero-order valence-corrected chi connectivity index (χ0v) is 9.74. The Balaban J connectivity index is 2.50. The minimum atomic E-state index is -0.531. The summed E-state index contributed by atoms with van der Waals surface area (Å²) in [5.41, 5.74) is 2.23. The number of nitro groups is 1. The standard InChI is InChI=1S/C9H12N2O4S/c1-6(2)5-15-10-9(12)7-3-4-8(16-7)11(13)14/h3-4,6H,5H2,1-2H3,(H,10,12). The maximum Gasteiger partial charge on any atom is 0.324 e. The van der Waals surface area contributed by atoms with E-state index in [-0.39, 0.29) is 9.88 Å². The first-order valence-corrected chi connectivity index (χ1v) is 5.48. The number of hydrogen-bond acceptors (Lipinski definition) is 5. The van der Waals surface area contributed by atoms with Crippen LogP contribution in [0.3, 0.4) is 0 Å². The highest BCUT2D eigenvalue weighted by atomic mass is 32.1. The summed E-state index contributed by atoms with van der Waals surface area (Å²) in [7, 11) is 0. The lowest BCUT2D eigenvalue weighted by molar-refractivity contribution is -0.380. The Kier molecular flexibility index (Phi) is 4.39. The molecule has 1 aromatic rings. The van der Waals surface area contributed by atoms with Crippen molar-refractivity contribution in [3.05, 3.63) is 27.1 Å². The molecule has 6 nitrogen and oxygen atoms in total. The predicted molar refractivity (Wildman–Crippen MR) is 59.2 cm³/mol. The predicted octanol–water partition coefficient (Wildman–Crippen LogP) is 1.97. The molecule has 0 spiro atoms. The fourth-order valence-corrected chi connectivity index (χ4v) is 1.58. The molecule has 88 valence electrons. The first-order valence-electron chi connectivity index (χ1n) is 4.67. The van der Waals surface area contributed by atoms with Crippen molar-refractivity contribution in [2.45, 2.75) is 13.8 Å². The molecule has 0 saturated carbocycles. The van der Waals surface area contributed by atoms with E-state index < -0.39 is 10.8 Å². The molecule has 1 N–H and O–H groups in total. The summed E-state index contributed by atoms with van der Waals surface area (Å²) in [5.74, 6) is -0.156. The van der Waals surface area contributed by atoms with Gasteiger partial charge in [-0.2, -0.15) is 0 Å². The molecule has 0 radical (unpaired) electrons. The summed E-state index contributed by atoms with van der Waals surface area (Å²) in [5, 5.41) is 10.3. The van der Waals surface area contributed by atoms with E-state index in [4.69, 9.17) is 4.84 Å². The lowest BCUT2D eigenvalue weighted by Crippen LogP contribution is -2.24. The van der Waals surface area contributed by atoms with Crippen molar-refractivity contribution in [2.75, 3.05) is 6.61 Å². The summed E-state index contributed by atoms with van der Waals surface area (Å²) >= 11 is 0.817. The van der Waals surface area contributed by atoms with Gasteiger partial charge in [-0.3, -0.25) is 19.7 Å². The van der Waals surface area contributed by atoms with Gasteiger partial charge in [0, 0.05) is 6.07 Å². The minimum absolute atomic E-state index is 0.0611. The summed E-state index contributed by atoms with van der Waals surface area (Å²) in [4.78, 5) is 26.5. The van der Waals surface area contributed by atoms with Gasteiger partial charge in [0.15, 0.2) is 0 Å². The van der Waals surface area contributed by atoms with E-state index in [9.17, 15) is 14.9 Å². The van der Waals surface area contributed by atoms with Crippen molar-refractivity contribution >= 4 is 22.2 Å². The van der Waals surface area contributed by atoms with Gasteiger partial charge in [0.2, 0.25) is 0 Å². The van der Waals surface area contributed by atoms with E-state index in [1.54, 1.807) is 0 Å². The molecule has 0 saturated heterocycles. The largest absolute Gasteiger partial charge is 0.324 e. The lowest BCUT2D eigenvalue weighted by Gasteiger charge is -2.05. The molecule has 1 heterocycles. The van der Waals surface area contributed by atoms with Crippen LogP contribution in [0, 0.1) is 16.0 Å². The van der Waals surface area contributed by atoms with Crippen LogP contribution in [0.4, 0.5) is 5.00 Å². The van der Waals surface area contributed by atoms with Crippen molar-refractivity contribution in [2.24, 2.45) is 5.92 Å². The molecule has 1 rings (SSSR count). The molecular formula is C9H12N2O4S. The molecule has 0 aliphatic carbocycles. The number of rotatable bonds is 5. The van der Waals surface area contributed by atoms with Crippen molar-refractivity contribution in [3.63, 3.8) is 0 Å². The fourth-order valence-electron chi connectivity index (χ4n) is 0.872. The highest BCUT2D eigenvalue weighted by molar-refractivity contribution is 7.17. The molecular weight excluding hydrogens is 232 g/mol. The molecule has 7 heteroatoms. The van der Waals surface area contributed by atoms with E-state index >= 15 is 0 Å². The maximum atomic E-state index is 11.4. The molecule has 0 bridgehead atoms. The van der Waals surface area contributed by atoms with Crippen molar-refractivity contribution in [1.82, 2.24) is 5.48 Å². The third-order valence-electron chi connectivity index (χ3n) is 1.58. The van der Waals surface area contributed by atoms with Crippen LogP contribution in [0.5, 0.6) is 0 Å². The molecule has 0 atom stereocenters. The first kappa shape index (κ1) is 12.6. The second-order valence-electron chi connectivity index (χ2n) is 3.53. The molecule has 0 aromatic carbocycles. The van der Waals surface area contributed by atoms with Crippen LogP contribution in [0.2, 0.25) is 0 Å². The first-order chi connectivity index (χ1) is 7.50. The van der Waals surface area contributed by atoms with Gasteiger partial charge in [0.1, 0.15) is 4.88 Å². The zero-order valence-electron chi connectivity index (χ0n) is 8.93. The normalized spacial score (nSPS) is 10.4. The van der Waals surface area contributed by atoms with Gasteiger partial charge < -0.3 is 0 Å². The Hall–Kier alpha value is -1.47. The monoisotopic (exact) mass is 244 g/mol. The SMILES string of the molecule is CC(C)CONC(=O)c1ccc([N+](=O)[O-])s1. The van der Waals surface area contributed by atoms with Gasteiger partial charge in [-0.1, -0.05) is 25.2 Å². The van der Waals surface area contributed by atoms with Crippen molar-refractivity contribution in [3.8, 4) is 0 Å². The summed E-state index contributed by atoms with van der Waals surface area (Å²) < 4.78 is 0. The molecule has 0 fully saturated rings. The van der Waals surface area contributed by atoms with E-state index in [1.165, 1.54) is 12.1 Å². The third kappa shape index (κ3) is 3.59. The minimum Gasteiger partial charge on any atom is -0.273 e. The molecule has 16 heavy (non-hydrogen) atoms. The average Bonchev–Trinajstić information content (AvgIpc) is 2.65. The number of carbonyl (C=O) groups excluding carboxylic acids is 1. The van der Waals surface area contributed by atoms with Crippen LogP contribution in [-0.4, -0.2) is 17.4 Å². The van der Waals surface area contributed by atoms with Crippen molar-refractivity contribution < 1.29 is 14.6 Å². The highest BCUT2D eigenvalue weighted by Crippen LogP contribution is 2.23. The van der Waals surface area contributed by atoms with Gasteiger partial charge in [-0.05, 0) is 12.0 Å². The number of hydrogen-bond donors (Lipinski definition) is 1. The fraction of sp³-hybridized carbons (Fsp3) is 0.444.